The summed E-state index contributed by atoms with van der Waals surface area (Å²) in [7, 11) is 0. The first kappa shape index (κ1) is 10.9. The predicted octanol–water partition coefficient (Wildman–Crippen LogP) is 1.27. The summed E-state index contributed by atoms with van der Waals surface area (Å²) >= 11 is 0. The molecule has 2 bridgehead atoms. The van der Waals surface area contributed by atoms with Gasteiger partial charge in [-0.25, -0.2) is 0 Å². The molecular formula is C12H22N2O. The zero-order chi connectivity index (χ0) is 11.0. The Labute approximate surface area is 91.8 Å². The zero-order valence-electron chi connectivity index (χ0n) is 9.70. The first-order valence-electron chi connectivity index (χ1n) is 6.14. The highest BCUT2D eigenvalue weighted by atomic mass is 16.2. The standard InChI is InChI=1S/C12H22N2O/c1-7(2)11(13)12(15)14-10-6-8-3-4-9(10)5-8/h7-11H,3-6,13H2,1-2H3,(H,14,15)/t8?,9?,10?,11-/m0/s1. The van der Waals surface area contributed by atoms with Gasteiger partial charge in [-0.1, -0.05) is 20.3 Å². The monoisotopic (exact) mass is 210 g/mol. The summed E-state index contributed by atoms with van der Waals surface area (Å²) in [6.07, 6.45) is 5.17. The number of carbonyl (C=O) groups is 1. The van der Waals surface area contributed by atoms with Crippen LogP contribution in [0.3, 0.4) is 0 Å². The Bertz CT molecular complexity index is 252. The fourth-order valence-electron chi connectivity index (χ4n) is 3.00. The maximum atomic E-state index is 11.8. The third-order valence-corrected chi connectivity index (χ3v) is 4.09. The molecule has 3 N–H and O–H groups in total. The molecule has 0 aromatic heterocycles. The molecular weight excluding hydrogens is 188 g/mol. The summed E-state index contributed by atoms with van der Waals surface area (Å²) in [6.45, 7) is 3.98. The molecule has 0 aliphatic heterocycles. The van der Waals surface area contributed by atoms with Crippen molar-refractivity contribution in [3.05, 3.63) is 0 Å². The van der Waals surface area contributed by atoms with Crippen LogP contribution in [-0.2, 0) is 4.79 Å². The summed E-state index contributed by atoms with van der Waals surface area (Å²) in [4.78, 5) is 11.8. The number of hydrogen-bond donors (Lipinski definition) is 2. The highest BCUT2D eigenvalue weighted by Gasteiger charge is 2.40. The topological polar surface area (TPSA) is 55.1 Å². The van der Waals surface area contributed by atoms with Gasteiger partial charge in [0.25, 0.3) is 0 Å². The van der Waals surface area contributed by atoms with Gasteiger partial charge in [0.05, 0.1) is 6.04 Å². The molecule has 3 unspecified atom stereocenters. The van der Waals surface area contributed by atoms with Crippen LogP contribution < -0.4 is 11.1 Å². The van der Waals surface area contributed by atoms with E-state index in [1.54, 1.807) is 0 Å². The lowest BCUT2D eigenvalue weighted by molar-refractivity contribution is -0.124. The molecule has 0 aromatic rings. The summed E-state index contributed by atoms with van der Waals surface area (Å²) < 4.78 is 0. The third kappa shape index (κ3) is 2.17. The Morgan fingerprint density at radius 2 is 2.07 bits per heavy atom. The second-order valence-electron chi connectivity index (χ2n) is 5.56. The van der Waals surface area contributed by atoms with E-state index in [1.807, 2.05) is 13.8 Å². The van der Waals surface area contributed by atoms with Gasteiger partial charge in [-0.15, -0.1) is 0 Å². The molecule has 2 aliphatic rings. The van der Waals surface area contributed by atoms with Crippen LogP contribution in [-0.4, -0.2) is 18.0 Å². The molecule has 1 amide bonds. The quantitative estimate of drug-likeness (QED) is 0.737. The minimum atomic E-state index is -0.343. The molecule has 4 atom stereocenters. The highest BCUT2D eigenvalue weighted by Crippen LogP contribution is 2.44. The van der Waals surface area contributed by atoms with Crippen molar-refractivity contribution in [1.82, 2.24) is 5.32 Å². The lowest BCUT2D eigenvalue weighted by Gasteiger charge is -2.25. The maximum Gasteiger partial charge on any atom is 0.237 e. The number of amides is 1. The van der Waals surface area contributed by atoms with Crippen molar-refractivity contribution in [2.24, 2.45) is 23.5 Å². The SMILES string of the molecule is CC(C)[C@H](N)C(=O)NC1CC2CCC1C2. The van der Waals surface area contributed by atoms with Gasteiger partial charge < -0.3 is 11.1 Å². The summed E-state index contributed by atoms with van der Waals surface area (Å²) in [5.41, 5.74) is 5.82. The van der Waals surface area contributed by atoms with E-state index in [9.17, 15) is 4.79 Å². The van der Waals surface area contributed by atoms with Gasteiger partial charge in [-0.2, -0.15) is 0 Å². The average Bonchev–Trinajstić information content (AvgIpc) is 2.77. The number of hydrogen-bond acceptors (Lipinski definition) is 2. The first-order chi connectivity index (χ1) is 7.08. The third-order valence-electron chi connectivity index (χ3n) is 4.09. The highest BCUT2D eigenvalue weighted by molar-refractivity contribution is 5.82. The first-order valence-corrected chi connectivity index (χ1v) is 6.14. The molecule has 86 valence electrons. The van der Waals surface area contributed by atoms with Crippen LogP contribution in [0.5, 0.6) is 0 Å². The number of rotatable bonds is 3. The molecule has 3 nitrogen and oxygen atoms in total. The normalized spacial score (nSPS) is 35.9. The van der Waals surface area contributed by atoms with Crippen molar-refractivity contribution in [2.45, 2.75) is 51.6 Å². The Hall–Kier alpha value is -0.570. The Kier molecular flexibility index (Phi) is 3.01. The van der Waals surface area contributed by atoms with Crippen molar-refractivity contribution < 1.29 is 4.79 Å². The Balaban J connectivity index is 1.85. The van der Waals surface area contributed by atoms with Crippen LogP contribution in [0.15, 0.2) is 0 Å². The van der Waals surface area contributed by atoms with Gasteiger partial charge >= 0.3 is 0 Å². The van der Waals surface area contributed by atoms with Crippen LogP contribution in [0.2, 0.25) is 0 Å². The maximum absolute atomic E-state index is 11.8. The zero-order valence-corrected chi connectivity index (χ0v) is 9.70. The molecule has 0 saturated heterocycles. The van der Waals surface area contributed by atoms with Crippen molar-refractivity contribution in [1.29, 1.82) is 0 Å². The van der Waals surface area contributed by atoms with Crippen molar-refractivity contribution >= 4 is 5.91 Å². The molecule has 2 fully saturated rings. The minimum absolute atomic E-state index is 0.0440. The van der Waals surface area contributed by atoms with Crippen LogP contribution in [0, 0.1) is 17.8 Å². The van der Waals surface area contributed by atoms with Gasteiger partial charge in [-0.3, -0.25) is 4.79 Å². The van der Waals surface area contributed by atoms with Gasteiger partial charge in [0.2, 0.25) is 5.91 Å². The number of nitrogens with two attached hydrogens (primary N) is 1. The molecule has 15 heavy (non-hydrogen) atoms. The number of carbonyl (C=O) groups excluding carboxylic acids is 1. The largest absolute Gasteiger partial charge is 0.352 e. The fraction of sp³-hybridized carbons (Fsp3) is 0.917. The van der Waals surface area contributed by atoms with Crippen LogP contribution in [0.4, 0.5) is 0 Å². The molecule has 0 heterocycles. The van der Waals surface area contributed by atoms with Gasteiger partial charge in [0.1, 0.15) is 0 Å². The molecule has 3 heteroatoms. The predicted molar refractivity (Wildman–Crippen MR) is 60.2 cm³/mol. The average molecular weight is 210 g/mol. The summed E-state index contributed by atoms with van der Waals surface area (Å²) in [5.74, 6) is 1.88. The van der Waals surface area contributed by atoms with Crippen molar-refractivity contribution in [3.63, 3.8) is 0 Å². The number of fused-ring (bicyclic) bond motifs is 2. The smallest absolute Gasteiger partial charge is 0.237 e. The minimum Gasteiger partial charge on any atom is -0.352 e. The van der Waals surface area contributed by atoms with Crippen molar-refractivity contribution in [2.75, 3.05) is 0 Å². The van der Waals surface area contributed by atoms with Crippen molar-refractivity contribution in [3.8, 4) is 0 Å². The second kappa shape index (κ2) is 4.12. The molecule has 0 aromatic carbocycles. The van der Waals surface area contributed by atoms with E-state index < -0.39 is 0 Å². The number of nitrogens with one attached hydrogen (secondary N) is 1. The van der Waals surface area contributed by atoms with Gasteiger partial charge in [-0.05, 0) is 37.0 Å². The van der Waals surface area contributed by atoms with E-state index in [0.29, 0.717) is 6.04 Å². The molecule has 2 aliphatic carbocycles. The molecule has 2 saturated carbocycles. The summed E-state index contributed by atoms with van der Waals surface area (Å²) in [6, 6.07) is 0.0742. The lowest BCUT2D eigenvalue weighted by Crippen LogP contribution is -2.49. The fourth-order valence-corrected chi connectivity index (χ4v) is 3.00. The van der Waals surface area contributed by atoms with E-state index >= 15 is 0 Å². The van der Waals surface area contributed by atoms with E-state index in [0.717, 1.165) is 11.8 Å². The van der Waals surface area contributed by atoms with Crippen LogP contribution in [0.25, 0.3) is 0 Å². The van der Waals surface area contributed by atoms with Gasteiger partial charge in [0, 0.05) is 6.04 Å². The Morgan fingerprint density at radius 1 is 1.33 bits per heavy atom. The summed E-state index contributed by atoms with van der Waals surface area (Å²) in [5, 5.41) is 3.13. The molecule has 0 radical (unpaired) electrons. The van der Waals surface area contributed by atoms with Gasteiger partial charge in [0.15, 0.2) is 0 Å². The van der Waals surface area contributed by atoms with E-state index in [4.69, 9.17) is 5.73 Å². The lowest BCUT2D eigenvalue weighted by atomic mass is 9.94. The van der Waals surface area contributed by atoms with Crippen LogP contribution >= 0.6 is 0 Å². The Morgan fingerprint density at radius 3 is 2.53 bits per heavy atom. The second-order valence-corrected chi connectivity index (χ2v) is 5.56. The molecule has 0 spiro atoms. The van der Waals surface area contributed by atoms with E-state index in [-0.39, 0.29) is 17.9 Å². The van der Waals surface area contributed by atoms with Crippen LogP contribution in [0.1, 0.15) is 39.5 Å². The van der Waals surface area contributed by atoms with E-state index in [2.05, 4.69) is 5.32 Å². The molecule has 2 rings (SSSR count). The van der Waals surface area contributed by atoms with E-state index in [1.165, 1.54) is 25.7 Å².